The normalized spacial score (nSPS) is 11.1. The third-order valence-electron chi connectivity index (χ3n) is 3.17. The largest absolute Gasteiger partial charge is 0.341 e. The van der Waals surface area contributed by atoms with Crippen LogP contribution >= 0.6 is 0 Å². The van der Waals surface area contributed by atoms with Gasteiger partial charge in [-0.1, -0.05) is 19.1 Å². The molecule has 0 fully saturated rings. The third-order valence-corrected chi connectivity index (χ3v) is 3.17. The average molecular weight is 246 g/mol. The summed E-state index contributed by atoms with van der Waals surface area (Å²) in [6.45, 7) is 5.21. The number of anilines is 1. The van der Waals surface area contributed by atoms with Gasteiger partial charge in [-0.05, 0) is 25.6 Å². The summed E-state index contributed by atoms with van der Waals surface area (Å²) in [7, 11) is 4.08. The summed E-state index contributed by atoms with van der Waals surface area (Å²) < 4.78 is 2.18. The molecule has 0 aliphatic rings. The second kappa shape index (κ2) is 5.87. The van der Waals surface area contributed by atoms with E-state index in [0.717, 1.165) is 37.5 Å². The Morgan fingerprint density at radius 2 is 2.06 bits per heavy atom. The number of hydrogen-bond donors (Lipinski definition) is 1. The molecule has 1 heterocycles. The molecule has 4 nitrogen and oxygen atoms in total. The van der Waals surface area contributed by atoms with E-state index in [2.05, 4.69) is 47.0 Å². The average Bonchev–Trinajstić information content (AvgIpc) is 2.73. The minimum atomic E-state index is 0.975. The maximum absolute atomic E-state index is 4.75. The summed E-state index contributed by atoms with van der Waals surface area (Å²) >= 11 is 0. The van der Waals surface area contributed by atoms with E-state index in [1.807, 2.05) is 13.1 Å². The van der Waals surface area contributed by atoms with E-state index in [1.54, 1.807) is 0 Å². The molecule has 1 aromatic carbocycles. The summed E-state index contributed by atoms with van der Waals surface area (Å²) in [5.41, 5.74) is 2.26. The van der Waals surface area contributed by atoms with Crippen LogP contribution in [0.15, 0.2) is 24.3 Å². The Hall–Kier alpha value is -1.55. The Balaban J connectivity index is 2.34. The van der Waals surface area contributed by atoms with Gasteiger partial charge in [0.15, 0.2) is 0 Å². The molecule has 0 unspecified atom stereocenters. The molecule has 0 spiro atoms. The Labute approximate surface area is 109 Å². The lowest BCUT2D eigenvalue weighted by atomic mass is 10.3. The minimum Gasteiger partial charge on any atom is -0.341 e. The zero-order valence-corrected chi connectivity index (χ0v) is 11.5. The van der Waals surface area contributed by atoms with Crippen LogP contribution in [-0.2, 0) is 7.05 Å². The lowest BCUT2D eigenvalue weighted by Gasteiger charge is -2.22. The lowest BCUT2D eigenvalue weighted by molar-refractivity contribution is 0.682. The van der Waals surface area contributed by atoms with Crippen LogP contribution in [0.3, 0.4) is 0 Å². The fourth-order valence-electron chi connectivity index (χ4n) is 2.24. The predicted molar refractivity (Wildman–Crippen MR) is 77.1 cm³/mol. The van der Waals surface area contributed by atoms with E-state index in [1.165, 1.54) is 5.52 Å². The van der Waals surface area contributed by atoms with Crippen LogP contribution in [0.4, 0.5) is 5.95 Å². The first-order valence-corrected chi connectivity index (χ1v) is 6.59. The van der Waals surface area contributed by atoms with Gasteiger partial charge in [0.05, 0.1) is 11.0 Å². The number of benzene rings is 1. The van der Waals surface area contributed by atoms with E-state index in [0.29, 0.717) is 0 Å². The third kappa shape index (κ3) is 2.48. The zero-order valence-electron chi connectivity index (χ0n) is 11.5. The SMILES string of the molecule is CCCN(CCNC)c1nc2ccccc2n1C. The van der Waals surface area contributed by atoms with Gasteiger partial charge >= 0.3 is 0 Å². The minimum absolute atomic E-state index is 0.975. The van der Waals surface area contributed by atoms with E-state index in [-0.39, 0.29) is 0 Å². The van der Waals surface area contributed by atoms with Crippen molar-refractivity contribution in [3.05, 3.63) is 24.3 Å². The molecule has 98 valence electrons. The van der Waals surface area contributed by atoms with Gasteiger partial charge in [0.2, 0.25) is 5.95 Å². The number of likely N-dealkylation sites (N-methyl/N-ethyl adjacent to an activating group) is 1. The van der Waals surface area contributed by atoms with Crippen molar-refractivity contribution in [1.29, 1.82) is 0 Å². The molecule has 1 N–H and O–H groups in total. The fourth-order valence-corrected chi connectivity index (χ4v) is 2.24. The number of nitrogens with zero attached hydrogens (tertiary/aromatic N) is 3. The molecule has 2 rings (SSSR count). The van der Waals surface area contributed by atoms with Gasteiger partial charge < -0.3 is 14.8 Å². The van der Waals surface area contributed by atoms with Crippen LogP contribution in [0.2, 0.25) is 0 Å². The summed E-state index contributed by atoms with van der Waals surface area (Å²) in [5, 5.41) is 3.20. The number of nitrogens with one attached hydrogen (secondary N) is 1. The second-order valence-corrected chi connectivity index (χ2v) is 4.55. The van der Waals surface area contributed by atoms with Crippen LogP contribution in [0.5, 0.6) is 0 Å². The molecule has 2 aromatic rings. The maximum atomic E-state index is 4.75. The number of fused-ring (bicyclic) bond motifs is 1. The van der Waals surface area contributed by atoms with E-state index in [9.17, 15) is 0 Å². The van der Waals surface area contributed by atoms with Crippen molar-refractivity contribution in [3.63, 3.8) is 0 Å². The number of aromatic nitrogens is 2. The number of imidazole rings is 1. The predicted octanol–water partition coefficient (Wildman–Crippen LogP) is 2.01. The van der Waals surface area contributed by atoms with E-state index in [4.69, 9.17) is 4.98 Å². The first-order chi connectivity index (χ1) is 8.77. The van der Waals surface area contributed by atoms with Gasteiger partial charge in [-0.15, -0.1) is 0 Å². The molecule has 0 aliphatic heterocycles. The molecular weight excluding hydrogens is 224 g/mol. The fraction of sp³-hybridized carbons (Fsp3) is 0.500. The van der Waals surface area contributed by atoms with Gasteiger partial charge in [0.25, 0.3) is 0 Å². The molecule has 0 atom stereocenters. The van der Waals surface area contributed by atoms with E-state index < -0.39 is 0 Å². The highest BCUT2D eigenvalue weighted by molar-refractivity contribution is 5.78. The second-order valence-electron chi connectivity index (χ2n) is 4.55. The standard InChI is InChI=1S/C14H22N4/c1-4-10-18(11-9-15-2)14-16-12-7-5-6-8-13(12)17(14)3/h5-8,15H,4,9-11H2,1-3H3. The first kappa shape index (κ1) is 12.9. The molecular formula is C14H22N4. The zero-order chi connectivity index (χ0) is 13.0. The van der Waals surface area contributed by atoms with Crippen LogP contribution in [0.25, 0.3) is 11.0 Å². The summed E-state index contributed by atoms with van der Waals surface area (Å²) in [6, 6.07) is 8.29. The van der Waals surface area contributed by atoms with Gasteiger partial charge in [0, 0.05) is 26.7 Å². The Kier molecular flexibility index (Phi) is 4.20. The lowest BCUT2D eigenvalue weighted by Crippen LogP contribution is -2.33. The van der Waals surface area contributed by atoms with Crippen molar-refractivity contribution in [2.75, 3.05) is 31.6 Å². The molecule has 0 aliphatic carbocycles. The smallest absolute Gasteiger partial charge is 0.206 e. The van der Waals surface area contributed by atoms with Crippen molar-refractivity contribution < 1.29 is 0 Å². The summed E-state index contributed by atoms with van der Waals surface area (Å²) in [4.78, 5) is 7.09. The number of rotatable bonds is 6. The van der Waals surface area contributed by atoms with Crippen LogP contribution < -0.4 is 10.2 Å². The van der Waals surface area contributed by atoms with Crippen molar-refractivity contribution in [3.8, 4) is 0 Å². The van der Waals surface area contributed by atoms with Gasteiger partial charge in [-0.2, -0.15) is 0 Å². The first-order valence-electron chi connectivity index (χ1n) is 6.59. The Morgan fingerprint density at radius 3 is 2.72 bits per heavy atom. The molecule has 0 saturated heterocycles. The van der Waals surface area contributed by atoms with Crippen LogP contribution in [0.1, 0.15) is 13.3 Å². The van der Waals surface area contributed by atoms with Crippen LogP contribution in [0, 0.1) is 0 Å². The van der Waals surface area contributed by atoms with Gasteiger partial charge in [0.1, 0.15) is 0 Å². The molecule has 0 bridgehead atoms. The molecule has 0 radical (unpaired) electrons. The highest BCUT2D eigenvalue weighted by atomic mass is 15.3. The molecule has 0 amide bonds. The highest BCUT2D eigenvalue weighted by Gasteiger charge is 2.13. The van der Waals surface area contributed by atoms with Crippen molar-refractivity contribution in [2.24, 2.45) is 7.05 Å². The monoisotopic (exact) mass is 246 g/mol. The summed E-state index contributed by atoms with van der Waals surface area (Å²) in [5.74, 6) is 1.06. The number of hydrogen-bond acceptors (Lipinski definition) is 3. The maximum Gasteiger partial charge on any atom is 0.206 e. The van der Waals surface area contributed by atoms with Gasteiger partial charge in [-0.3, -0.25) is 0 Å². The van der Waals surface area contributed by atoms with Crippen LogP contribution in [-0.4, -0.2) is 36.2 Å². The Bertz CT molecular complexity index is 503. The van der Waals surface area contributed by atoms with Crippen molar-refractivity contribution in [2.45, 2.75) is 13.3 Å². The molecule has 1 aromatic heterocycles. The number of para-hydroxylation sites is 2. The molecule has 4 heteroatoms. The van der Waals surface area contributed by atoms with Gasteiger partial charge in [-0.25, -0.2) is 4.98 Å². The highest BCUT2D eigenvalue weighted by Crippen LogP contribution is 2.20. The summed E-state index contributed by atoms with van der Waals surface area (Å²) in [6.07, 6.45) is 1.13. The molecule has 0 saturated carbocycles. The Morgan fingerprint density at radius 1 is 1.28 bits per heavy atom. The topological polar surface area (TPSA) is 33.1 Å². The van der Waals surface area contributed by atoms with E-state index >= 15 is 0 Å². The number of aryl methyl sites for hydroxylation is 1. The molecule has 18 heavy (non-hydrogen) atoms. The quantitative estimate of drug-likeness (QED) is 0.846. The van der Waals surface area contributed by atoms with Crippen molar-refractivity contribution in [1.82, 2.24) is 14.9 Å². The van der Waals surface area contributed by atoms with Crippen molar-refractivity contribution >= 4 is 17.0 Å².